The van der Waals surface area contributed by atoms with E-state index >= 15 is 0 Å². The number of benzene rings is 2. The van der Waals surface area contributed by atoms with Crippen LogP contribution >= 0.6 is 0 Å². The Morgan fingerprint density at radius 2 is 1.54 bits per heavy atom. The van der Waals surface area contributed by atoms with Crippen LogP contribution in [0.25, 0.3) is 22.2 Å². The summed E-state index contributed by atoms with van der Waals surface area (Å²) < 4.78 is 5.17. The third-order valence-corrected chi connectivity index (χ3v) is 4.50. The summed E-state index contributed by atoms with van der Waals surface area (Å²) in [4.78, 5) is 22.4. The molecule has 2 aliphatic carbocycles. The van der Waals surface area contributed by atoms with Crippen LogP contribution in [-0.4, -0.2) is 6.09 Å². The Labute approximate surface area is 136 Å². The second kappa shape index (κ2) is 4.82. The van der Waals surface area contributed by atoms with Gasteiger partial charge in [-0.1, -0.05) is 29.4 Å². The lowest BCUT2D eigenvalue weighted by atomic mass is 9.81. The van der Waals surface area contributed by atoms with E-state index in [1.54, 1.807) is 24.3 Å². The number of nitrogens with two attached hydrogens (primary N) is 3. The molecule has 0 aliphatic heterocycles. The lowest BCUT2D eigenvalue weighted by molar-refractivity contribution is 0.130. The molecule has 1 amide bonds. The van der Waals surface area contributed by atoms with Gasteiger partial charge in [0.1, 0.15) is 12.1 Å². The van der Waals surface area contributed by atoms with Gasteiger partial charge in [0.25, 0.3) is 0 Å². The predicted octanol–water partition coefficient (Wildman–Crippen LogP) is 2.41. The first-order chi connectivity index (χ1) is 11.5. The Kier molecular flexibility index (Phi) is 2.86. The quantitative estimate of drug-likeness (QED) is 0.730. The first kappa shape index (κ1) is 14.3. The normalized spacial score (nSPS) is 21.0. The summed E-state index contributed by atoms with van der Waals surface area (Å²) in [5, 5.41) is 4.77. The van der Waals surface area contributed by atoms with Gasteiger partial charge in [-0.15, -0.1) is 4.91 Å². The number of hydrogen-bond acceptors (Lipinski definition) is 6. The number of ether oxygens (including phenoxy) is 1. The van der Waals surface area contributed by atoms with Gasteiger partial charge in [0, 0.05) is 28.1 Å². The maximum atomic E-state index is 11.2. The van der Waals surface area contributed by atoms with Gasteiger partial charge >= 0.3 is 6.09 Å². The zero-order chi connectivity index (χ0) is 17.0. The molecule has 0 bridgehead atoms. The van der Waals surface area contributed by atoms with E-state index in [-0.39, 0.29) is 0 Å². The minimum absolute atomic E-state index is 0.473. The summed E-state index contributed by atoms with van der Waals surface area (Å²) in [5.74, 6) is 0. The Bertz CT molecular complexity index is 977. The second-order valence-corrected chi connectivity index (χ2v) is 5.81. The van der Waals surface area contributed by atoms with Crippen molar-refractivity contribution in [1.29, 1.82) is 0 Å². The van der Waals surface area contributed by atoms with Crippen molar-refractivity contribution in [1.82, 2.24) is 0 Å². The monoisotopic (exact) mass is 322 g/mol. The number of rotatable bonds is 2. The van der Waals surface area contributed by atoms with E-state index < -0.39 is 18.2 Å². The molecule has 2 aromatic carbocycles. The van der Waals surface area contributed by atoms with Gasteiger partial charge in [0.2, 0.25) is 0 Å². The van der Waals surface area contributed by atoms with E-state index in [1.807, 2.05) is 12.1 Å². The summed E-state index contributed by atoms with van der Waals surface area (Å²) in [6.45, 7) is 0. The van der Waals surface area contributed by atoms with Gasteiger partial charge in [-0.2, -0.15) is 0 Å². The third-order valence-electron chi connectivity index (χ3n) is 4.50. The molecular weight excluding hydrogens is 308 g/mol. The molecule has 2 aromatic rings. The van der Waals surface area contributed by atoms with Crippen LogP contribution in [0.3, 0.4) is 0 Å². The Balaban J connectivity index is 2.09. The summed E-state index contributed by atoms with van der Waals surface area (Å²) in [6.07, 6.45) is 1.70. The molecule has 0 saturated carbocycles. The first-order valence-corrected chi connectivity index (χ1v) is 7.34. The average Bonchev–Trinajstić information content (AvgIpc) is 2.55. The van der Waals surface area contributed by atoms with Gasteiger partial charge in [-0.05, 0) is 28.5 Å². The Morgan fingerprint density at radius 1 is 0.958 bits per heavy atom. The third kappa shape index (κ3) is 1.81. The largest absolute Gasteiger partial charge is 0.437 e. The number of hydrogen-bond donors (Lipinski definition) is 3. The Morgan fingerprint density at radius 3 is 2.17 bits per heavy atom. The van der Waals surface area contributed by atoms with Crippen LogP contribution in [0.2, 0.25) is 0 Å². The van der Waals surface area contributed by atoms with Crippen molar-refractivity contribution in [2.24, 2.45) is 22.4 Å². The number of amides is 1. The summed E-state index contributed by atoms with van der Waals surface area (Å²) in [5.41, 5.74) is 21.4. The molecule has 2 unspecified atom stereocenters. The lowest BCUT2D eigenvalue weighted by Crippen LogP contribution is -2.20. The van der Waals surface area contributed by atoms with Gasteiger partial charge in [-0.25, -0.2) is 4.79 Å². The molecule has 2 aliphatic rings. The van der Waals surface area contributed by atoms with Crippen molar-refractivity contribution in [3.63, 3.8) is 0 Å². The van der Waals surface area contributed by atoms with Crippen LogP contribution in [0.15, 0.2) is 41.6 Å². The fourth-order valence-corrected chi connectivity index (χ4v) is 3.52. The molecule has 7 heteroatoms. The van der Waals surface area contributed by atoms with Crippen LogP contribution < -0.4 is 17.2 Å². The van der Waals surface area contributed by atoms with Crippen molar-refractivity contribution in [2.75, 3.05) is 0 Å². The molecule has 24 heavy (non-hydrogen) atoms. The van der Waals surface area contributed by atoms with Crippen molar-refractivity contribution < 1.29 is 9.53 Å². The summed E-state index contributed by atoms with van der Waals surface area (Å²) in [6, 6.07) is 6.67. The predicted molar refractivity (Wildman–Crippen MR) is 90.2 cm³/mol. The molecule has 0 aromatic heterocycles. The van der Waals surface area contributed by atoms with E-state index in [9.17, 15) is 9.70 Å². The molecular formula is C17H14N4O3. The topological polar surface area (TPSA) is 134 Å². The zero-order valence-corrected chi connectivity index (χ0v) is 12.5. The molecule has 0 spiro atoms. The maximum Gasteiger partial charge on any atom is 0.405 e. The Hall–Kier alpha value is -3.35. The van der Waals surface area contributed by atoms with Crippen molar-refractivity contribution in [3.05, 3.63) is 63.6 Å². The van der Waals surface area contributed by atoms with Gasteiger partial charge in [-0.3, -0.25) is 0 Å². The number of nitrogens with zero attached hydrogens (tertiary/aromatic N) is 1. The highest BCUT2D eigenvalue weighted by atomic mass is 16.6. The minimum Gasteiger partial charge on any atom is -0.437 e. The van der Waals surface area contributed by atoms with Crippen molar-refractivity contribution in [3.8, 4) is 0 Å². The van der Waals surface area contributed by atoms with Crippen molar-refractivity contribution >= 4 is 28.3 Å². The molecule has 0 radical (unpaired) electrons. The fraction of sp³-hybridized carbons (Fsp3) is 0.118. The van der Waals surface area contributed by atoms with E-state index in [4.69, 9.17) is 21.9 Å². The van der Waals surface area contributed by atoms with E-state index in [0.29, 0.717) is 11.4 Å². The van der Waals surface area contributed by atoms with E-state index in [2.05, 4.69) is 5.18 Å². The smallest absolute Gasteiger partial charge is 0.405 e. The number of carbonyl (C=O) groups is 1. The molecule has 120 valence electrons. The highest BCUT2D eigenvalue weighted by molar-refractivity contribution is 6.06. The zero-order valence-electron chi connectivity index (χ0n) is 12.5. The summed E-state index contributed by atoms with van der Waals surface area (Å²) in [7, 11) is 0. The van der Waals surface area contributed by atoms with Crippen molar-refractivity contribution in [2.45, 2.75) is 12.1 Å². The first-order valence-electron chi connectivity index (χ1n) is 7.34. The molecule has 0 saturated heterocycles. The number of carbonyl (C=O) groups excluding carboxylic acids is 1. The number of nitroso groups, excluding NO2 is 1. The standard InChI is InChI=1S/C17H14N4O3/c18-11-5-13(21-23)9-3-4-10-14(24-17(20)22)6-12(19)8-2-1-7(11)15(9)16(8)10/h1-6,13-14H,18-19H2,(H2,20,22). The van der Waals surface area contributed by atoms with Crippen LogP contribution in [-0.2, 0) is 4.74 Å². The fourth-order valence-electron chi connectivity index (χ4n) is 3.52. The highest BCUT2D eigenvalue weighted by Crippen LogP contribution is 2.45. The van der Waals surface area contributed by atoms with E-state index in [0.717, 1.165) is 33.0 Å². The van der Waals surface area contributed by atoms with Gasteiger partial charge in [0.05, 0.1) is 0 Å². The van der Waals surface area contributed by atoms with E-state index in [1.165, 1.54) is 0 Å². The lowest BCUT2D eigenvalue weighted by Gasteiger charge is -2.28. The molecule has 7 nitrogen and oxygen atoms in total. The van der Waals surface area contributed by atoms with Crippen LogP contribution in [0.4, 0.5) is 4.79 Å². The summed E-state index contributed by atoms with van der Waals surface area (Å²) >= 11 is 0. The van der Waals surface area contributed by atoms with Crippen LogP contribution in [0.5, 0.6) is 0 Å². The van der Waals surface area contributed by atoms with Crippen LogP contribution in [0.1, 0.15) is 34.4 Å². The molecule has 4 rings (SSSR count). The molecule has 0 fully saturated rings. The number of primary amides is 1. The maximum absolute atomic E-state index is 11.2. The highest BCUT2D eigenvalue weighted by Gasteiger charge is 2.29. The van der Waals surface area contributed by atoms with Crippen LogP contribution in [0, 0.1) is 4.91 Å². The molecule has 0 heterocycles. The van der Waals surface area contributed by atoms with Gasteiger partial charge < -0.3 is 21.9 Å². The average molecular weight is 322 g/mol. The minimum atomic E-state index is -0.889. The SMILES string of the molecule is NC(=O)OC1C=C(N)c2ccc3c4c(ccc1c24)C(N=O)C=C3N. The second-order valence-electron chi connectivity index (χ2n) is 5.81. The van der Waals surface area contributed by atoms with Gasteiger partial charge in [0.15, 0.2) is 0 Å². The molecule has 2 atom stereocenters. The molecule has 6 N–H and O–H groups in total.